The van der Waals surface area contributed by atoms with E-state index in [1.807, 2.05) is 13.8 Å². The Morgan fingerprint density at radius 1 is 1.39 bits per heavy atom. The average molecular weight is 345 g/mol. The summed E-state index contributed by atoms with van der Waals surface area (Å²) in [5.74, 6) is 0.639. The molecule has 1 fully saturated rings. The van der Waals surface area contributed by atoms with Crippen LogP contribution < -0.4 is 15.4 Å². The summed E-state index contributed by atoms with van der Waals surface area (Å²) in [6.07, 6.45) is 3.55. The molecule has 0 unspecified atom stereocenters. The minimum absolute atomic E-state index is 0. The molecular formula is C17H26ClFN2O2. The molecule has 6 heteroatoms. The zero-order chi connectivity index (χ0) is 15.9. The fourth-order valence-corrected chi connectivity index (χ4v) is 2.67. The molecule has 0 spiro atoms. The van der Waals surface area contributed by atoms with Gasteiger partial charge in [0.2, 0.25) is 5.91 Å². The van der Waals surface area contributed by atoms with Crippen LogP contribution in [0.3, 0.4) is 0 Å². The number of hydrogen-bond donors (Lipinski definition) is 2. The van der Waals surface area contributed by atoms with Gasteiger partial charge in [0.25, 0.3) is 0 Å². The summed E-state index contributed by atoms with van der Waals surface area (Å²) < 4.78 is 19.0. The van der Waals surface area contributed by atoms with E-state index in [9.17, 15) is 9.18 Å². The molecule has 0 bridgehead atoms. The SMILES string of the molecule is CC(C)Oc1ccc(F)cc1NC(=O)CCC1CCNCC1.Cl. The normalized spacial score (nSPS) is 15.1. The standard InChI is InChI=1S/C17H25FN2O2.ClH/c1-12(2)22-16-5-4-14(18)11-15(16)20-17(21)6-3-13-7-9-19-10-8-13;/h4-5,11-13,19H,3,6-10H2,1-2H3,(H,20,21);1H. The molecule has 1 heterocycles. The van der Waals surface area contributed by atoms with E-state index >= 15 is 0 Å². The molecule has 1 aromatic rings. The van der Waals surface area contributed by atoms with E-state index in [4.69, 9.17) is 4.74 Å². The third kappa shape index (κ3) is 6.75. The number of carbonyl (C=O) groups excluding carboxylic acids is 1. The summed E-state index contributed by atoms with van der Waals surface area (Å²) in [5.41, 5.74) is 0.406. The van der Waals surface area contributed by atoms with E-state index < -0.39 is 0 Å². The minimum Gasteiger partial charge on any atom is -0.489 e. The van der Waals surface area contributed by atoms with Gasteiger partial charge >= 0.3 is 0 Å². The topological polar surface area (TPSA) is 50.4 Å². The van der Waals surface area contributed by atoms with Crippen LogP contribution in [-0.2, 0) is 4.79 Å². The maximum Gasteiger partial charge on any atom is 0.224 e. The fourth-order valence-electron chi connectivity index (χ4n) is 2.67. The van der Waals surface area contributed by atoms with Crippen molar-refractivity contribution in [1.82, 2.24) is 5.32 Å². The van der Waals surface area contributed by atoms with Gasteiger partial charge in [0.05, 0.1) is 11.8 Å². The predicted molar refractivity (Wildman–Crippen MR) is 92.9 cm³/mol. The van der Waals surface area contributed by atoms with Crippen molar-refractivity contribution in [2.45, 2.75) is 45.6 Å². The van der Waals surface area contributed by atoms with Crippen molar-refractivity contribution in [3.05, 3.63) is 24.0 Å². The zero-order valence-corrected chi connectivity index (χ0v) is 14.5. The quantitative estimate of drug-likeness (QED) is 0.826. The lowest BCUT2D eigenvalue weighted by molar-refractivity contribution is -0.116. The first-order chi connectivity index (χ1) is 10.5. The molecule has 0 atom stereocenters. The summed E-state index contributed by atoms with van der Waals surface area (Å²) in [5, 5.41) is 6.09. The molecular weight excluding hydrogens is 319 g/mol. The van der Waals surface area contributed by atoms with Crippen LogP contribution in [0, 0.1) is 11.7 Å². The largest absolute Gasteiger partial charge is 0.489 e. The Bertz CT molecular complexity index is 505. The molecule has 0 radical (unpaired) electrons. The molecule has 0 saturated carbocycles. The van der Waals surface area contributed by atoms with Crippen molar-refractivity contribution >= 4 is 24.0 Å². The number of hydrogen-bond acceptors (Lipinski definition) is 3. The summed E-state index contributed by atoms with van der Waals surface area (Å²) in [6, 6.07) is 4.19. The van der Waals surface area contributed by atoms with E-state index in [2.05, 4.69) is 10.6 Å². The average Bonchev–Trinajstić information content (AvgIpc) is 2.49. The number of nitrogens with one attached hydrogen (secondary N) is 2. The van der Waals surface area contributed by atoms with Crippen molar-refractivity contribution in [2.24, 2.45) is 5.92 Å². The van der Waals surface area contributed by atoms with E-state index in [1.54, 1.807) is 6.07 Å². The van der Waals surface area contributed by atoms with E-state index in [0.29, 0.717) is 23.8 Å². The first-order valence-corrected chi connectivity index (χ1v) is 8.01. The summed E-state index contributed by atoms with van der Waals surface area (Å²) in [4.78, 5) is 12.1. The van der Waals surface area contributed by atoms with E-state index in [0.717, 1.165) is 32.4 Å². The van der Waals surface area contributed by atoms with Crippen molar-refractivity contribution in [2.75, 3.05) is 18.4 Å². The Kier molecular flexibility index (Phi) is 8.34. The van der Waals surface area contributed by atoms with Gasteiger partial charge in [0, 0.05) is 12.5 Å². The molecule has 1 aromatic carbocycles. The third-order valence-electron chi connectivity index (χ3n) is 3.82. The molecule has 1 aliphatic rings. The highest BCUT2D eigenvalue weighted by Crippen LogP contribution is 2.27. The highest BCUT2D eigenvalue weighted by molar-refractivity contribution is 5.92. The number of amides is 1. The summed E-state index contributed by atoms with van der Waals surface area (Å²) in [7, 11) is 0. The monoisotopic (exact) mass is 344 g/mol. The van der Waals surface area contributed by atoms with E-state index in [1.165, 1.54) is 12.1 Å². The van der Waals surface area contributed by atoms with Crippen LogP contribution in [0.15, 0.2) is 18.2 Å². The molecule has 0 aromatic heterocycles. The highest BCUT2D eigenvalue weighted by Gasteiger charge is 2.16. The lowest BCUT2D eigenvalue weighted by Crippen LogP contribution is -2.28. The van der Waals surface area contributed by atoms with Crippen molar-refractivity contribution in [3.8, 4) is 5.75 Å². The molecule has 2 N–H and O–H groups in total. The van der Waals surface area contributed by atoms with Gasteiger partial charge in [0.1, 0.15) is 11.6 Å². The van der Waals surface area contributed by atoms with Crippen LogP contribution >= 0.6 is 12.4 Å². The van der Waals surface area contributed by atoms with Gasteiger partial charge in [-0.05, 0) is 64.3 Å². The number of anilines is 1. The van der Waals surface area contributed by atoms with Gasteiger partial charge in [-0.1, -0.05) is 0 Å². The van der Waals surface area contributed by atoms with Crippen molar-refractivity contribution in [1.29, 1.82) is 0 Å². The molecule has 23 heavy (non-hydrogen) atoms. The second-order valence-electron chi connectivity index (χ2n) is 6.09. The second kappa shape index (κ2) is 9.73. The lowest BCUT2D eigenvalue weighted by Gasteiger charge is -2.22. The molecule has 130 valence electrons. The number of piperidine rings is 1. The zero-order valence-electron chi connectivity index (χ0n) is 13.7. The Morgan fingerprint density at radius 2 is 2.09 bits per heavy atom. The Hall–Kier alpha value is -1.33. The van der Waals surface area contributed by atoms with Gasteiger partial charge < -0.3 is 15.4 Å². The summed E-state index contributed by atoms with van der Waals surface area (Å²) >= 11 is 0. The van der Waals surface area contributed by atoms with Crippen molar-refractivity contribution < 1.29 is 13.9 Å². The number of halogens is 2. The molecule has 0 aliphatic carbocycles. The smallest absolute Gasteiger partial charge is 0.224 e. The third-order valence-corrected chi connectivity index (χ3v) is 3.82. The molecule has 1 saturated heterocycles. The highest BCUT2D eigenvalue weighted by atomic mass is 35.5. The van der Waals surface area contributed by atoms with E-state index in [-0.39, 0.29) is 30.2 Å². The molecule has 1 aliphatic heterocycles. The van der Waals surface area contributed by atoms with Gasteiger partial charge in [-0.2, -0.15) is 0 Å². The van der Waals surface area contributed by atoms with Crippen molar-refractivity contribution in [3.63, 3.8) is 0 Å². The summed E-state index contributed by atoms with van der Waals surface area (Å²) in [6.45, 7) is 5.85. The second-order valence-corrected chi connectivity index (χ2v) is 6.09. The fraction of sp³-hybridized carbons (Fsp3) is 0.588. The number of rotatable bonds is 6. The number of benzene rings is 1. The maximum atomic E-state index is 13.4. The first kappa shape index (κ1) is 19.7. The van der Waals surface area contributed by atoms with Crippen LogP contribution in [0.25, 0.3) is 0 Å². The molecule has 2 rings (SSSR count). The predicted octanol–water partition coefficient (Wildman–Crippen LogP) is 3.75. The van der Waals surface area contributed by atoms with Gasteiger partial charge in [-0.25, -0.2) is 4.39 Å². The van der Waals surface area contributed by atoms with Crippen LogP contribution in [0.1, 0.15) is 39.5 Å². The van der Waals surface area contributed by atoms with Gasteiger partial charge in [-0.15, -0.1) is 12.4 Å². The van der Waals surface area contributed by atoms with Crippen LogP contribution in [0.5, 0.6) is 5.75 Å². The maximum absolute atomic E-state index is 13.4. The molecule has 1 amide bonds. The Labute approximate surface area is 143 Å². The molecule has 4 nitrogen and oxygen atoms in total. The Morgan fingerprint density at radius 3 is 2.74 bits per heavy atom. The van der Waals surface area contributed by atoms with Gasteiger partial charge in [-0.3, -0.25) is 4.79 Å². The first-order valence-electron chi connectivity index (χ1n) is 8.01. The lowest BCUT2D eigenvalue weighted by atomic mass is 9.93. The Balaban J connectivity index is 0.00000264. The van der Waals surface area contributed by atoms with Crippen LogP contribution in [0.2, 0.25) is 0 Å². The minimum atomic E-state index is -0.384. The van der Waals surface area contributed by atoms with Gasteiger partial charge in [0.15, 0.2) is 0 Å². The van der Waals surface area contributed by atoms with Crippen LogP contribution in [0.4, 0.5) is 10.1 Å². The number of ether oxygens (including phenoxy) is 1. The number of carbonyl (C=O) groups is 1. The van der Waals surface area contributed by atoms with Crippen LogP contribution in [-0.4, -0.2) is 25.1 Å².